The first kappa shape index (κ1) is 41.5. The third-order valence-electron chi connectivity index (χ3n) is 13.6. The largest absolute Gasteiger partial charge is 0.449 e. The Hall–Kier alpha value is -4.85. The van der Waals surface area contributed by atoms with Gasteiger partial charge in [-0.25, -0.2) is 19.4 Å². The molecule has 2 aromatic carbocycles. The second kappa shape index (κ2) is 17.9. The zero-order chi connectivity index (χ0) is 42.1. The van der Waals surface area contributed by atoms with Gasteiger partial charge in [0.25, 0.3) is 0 Å². The van der Waals surface area contributed by atoms with Crippen LogP contribution in [0.2, 0.25) is 0 Å². The summed E-state index contributed by atoms with van der Waals surface area (Å²) in [4.78, 5) is 29.2. The molecule has 4 aliphatic rings. The Bertz CT molecular complexity index is 2290. The van der Waals surface area contributed by atoms with Crippen LogP contribution in [0.15, 0.2) is 53.1 Å². The summed E-state index contributed by atoms with van der Waals surface area (Å²) in [6.45, 7) is 13.0. The van der Waals surface area contributed by atoms with Crippen LogP contribution in [-0.4, -0.2) is 94.5 Å². The van der Waals surface area contributed by atoms with Crippen LogP contribution < -0.4 is 10.2 Å². The predicted octanol–water partition coefficient (Wildman–Crippen LogP) is 8.76. The zero-order valence-electron chi connectivity index (χ0n) is 36.6. The molecule has 3 aliphatic heterocycles. The van der Waals surface area contributed by atoms with Crippen molar-refractivity contribution in [2.45, 2.75) is 122 Å². The first-order chi connectivity index (χ1) is 29.8. The number of hydrogen-bond donors (Lipinski definition) is 1. The Balaban J connectivity index is 1.05. The molecule has 3 fully saturated rings. The van der Waals surface area contributed by atoms with Gasteiger partial charge in [-0.15, -0.1) is 0 Å². The molecule has 1 aliphatic carbocycles. The SMILES string of the molecule is CCCCc1c(-c2nc(N3CC(C)CC[C@@H]3CNC(=O)OCC3c4ccccc4-c4ccccc43)c3c(C)nn(CC4CCCN4C)c3n2)noc1C1(CCCC)OCCO1. The first-order valence-electron chi connectivity index (χ1n) is 22.9. The molecule has 13 heteroatoms. The van der Waals surface area contributed by atoms with E-state index in [9.17, 15) is 4.79 Å². The molecule has 3 aromatic heterocycles. The fourth-order valence-electron chi connectivity index (χ4n) is 10.2. The number of alkyl carbamates (subject to hydrolysis) is 1. The van der Waals surface area contributed by atoms with E-state index in [0.717, 1.165) is 99.1 Å². The number of piperidine rings is 1. The van der Waals surface area contributed by atoms with E-state index in [1.165, 1.54) is 28.7 Å². The maximum Gasteiger partial charge on any atom is 0.407 e. The fourth-order valence-corrected chi connectivity index (χ4v) is 10.2. The van der Waals surface area contributed by atoms with E-state index in [1.54, 1.807) is 0 Å². The van der Waals surface area contributed by atoms with Crippen LogP contribution in [0.4, 0.5) is 10.6 Å². The molecule has 1 N–H and O–H groups in total. The molecule has 0 radical (unpaired) electrons. The second-order valence-electron chi connectivity index (χ2n) is 17.8. The normalized spacial score (nSPS) is 21.3. The molecule has 324 valence electrons. The van der Waals surface area contributed by atoms with E-state index in [4.69, 9.17) is 39.0 Å². The number of likely N-dealkylation sites (N-methyl/N-ethyl adjacent to an activating group) is 1. The van der Waals surface area contributed by atoms with Crippen molar-refractivity contribution >= 4 is 22.9 Å². The average molecular weight is 831 g/mol. The number of aryl methyl sites for hydroxylation is 1. The van der Waals surface area contributed by atoms with Crippen molar-refractivity contribution in [3.8, 4) is 22.6 Å². The highest BCUT2D eigenvalue weighted by Crippen LogP contribution is 2.45. The highest BCUT2D eigenvalue weighted by Gasteiger charge is 2.45. The number of likely N-dealkylation sites (tertiary alicyclic amines) is 1. The number of fused-ring (bicyclic) bond motifs is 4. The van der Waals surface area contributed by atoms with Crippen LogP contribution >= 0.6 is 0 Å². The molecule has 61 heavy (non-hydrogen) atoms. The number of carbonyl (C=O) groups excluding carboxylic acids is 1. The predicted molar refractivity (Wildman–Crippen MR) is 236 cm³/mol. The fraction of sp³-hybridized carbons (Fsp3) is 0.562. The lowest BCUT2D eigenvalue weighted by molar-refractivity contribution is -0.186. The van der Waals surface area contributed by atoms with Crippen molar-refractivity contribution < 1.29 is 23.5 Å². The minimum Gasteiger partial charge on any atom is -0.449 e. The summed E-state index contributed by atoms with van der Waals surface area (Å²) >= 11 is 0. The van der Waals surface area contributed by atoms with E-state index >= 15 is 0 Å². The number of amides is 1. The number of aromatic nitrogens is 5. The van der Waals surface area contributed by atoms with Gasteiger partial charge in [0.1, 0.15) is 12.4 Å². The maximum atomic E-state index is 13.6. The van der Waals surface area contributed by atoms with Crippen LogP contribution in [0.25, 0.3) is 33.7 Å². The Morgan fingerprint density at radius 3 is 2.39 bits per heavy atom. The van der Waals surface area contributed by atoms with E-state index in [2.05, 4.69) is 103 Å². The third kappa shape index (κ3) is 8.05. The van der Waals surface area contributed by atoms with Crippen LogP contribution in [0.3, 0.4) is 0 Å². The summed E-state index contributed by atoms with van der Waals surface area (Å²) in [6, 6.07) is 17.2. The van der Waals surface area contributed by atoms with Gasteiger partial charge in [0.15, 0.2) is 22.9 Å². The second-order valence-corrected chi connectivity index (χ2v) is 17.8. The highest BCUT2D eigenvalue weighted by atomic mass is 16.7. The highest BCUT2D eigenvalue weighted by molar-refractivity contribution is 5.92. The monoisotopic (exact) mass is 830 g/mol. The summed E-state index contributed by atoms with van der Waals surface area (Å²) in [7, 11) is 2.20. The average Bonchev–Trinajstić information content (AvgIpc) is 4.12. The molecule has 3 saturated heterocycles. The van der Waals surface area contributed by atoms with Gasteiger partial charge in [0.05, 0.1) is 30.8 Å². The molecule has 0 saturated carbocycles. The van der Waals surface area contributed by atoms with Gasteiger partial charge in [-0.05, 0) is 93.6 Å². The van der Waals surface area contributed by atoms with E-state index < -0.39 is 11.9 Å². The van der Waals surface area contributed by atoms with Crippen molar-refractivity contribution in [1.29, 1.82) is 0 Å². The molecule has 9 rings (SSSR count). The van der Waals surface area contributed by atoms with Gasteiger partial charge in [0, 0.05) is 43.1 Å². The summed E-state index contributed by atoms with van der Waals surface area (Å²) in [5.41, 5.74) is 8.06. The number of anilines is 1. The van der Waals surface area contributed by atoms with E-state index in [-0.39, 0.29) is 18.6 Å². The molecule has 6 heterocycles. The van der Waals surface area contributed by atoms with Crippen molar-refractivity contribution in [2.75, 3.05) is 51.4 Å². The third-order valence-corrected chi connectivity index (χ3v) is 13.6. The van der Waals surface area contributed by atoms with Crippen LogP contribution in [0, 0.1) is 12.8 Å². The van der Waals surface area contributed by atoms with Crippen molar-refractivity contribution in [3.63, 3.8) is 0 Å². The van der Waals surface area contributed by atoms with Gasteiger partial charge < -0.3 is 33.9 Å². The molecule has 1 amide bonds. The van der Waals surface area contributed by atoms with Gasteiger partial charge in [-0.1, -0.05) is 87.3 Å². The molecule has 3 atom stereocenters. The Morgan fingerprint density at radius 1 is 0.951 bits per heavy atom. The van der Waals surface area contributed by atoms with Gasteiger partial charge in [-0.2, -0.15) is 5.10 Å². The molecule has 0 spiro atoms. The van der Waals surface area contributed by atoms with E-state index in [1.807, 2.05) is 0 Å². The summed E-state index contributed by atoms with van der Waals surface area (Å²) in [5, 5.41) is 14.0. The van der Waals surface area contributed by atoms with Crippen molar-refractivity contribution in [1.82, 2.24) is 35.1 Å². The van der Waals surface area contributed by atoms with Gasteiger partial charge in [-0.3, -0.25) is 0 Å². The van der Waals surface area contributed by atoms with E-state index in [0.29, 0.717) is 55.4 Å². The molecule has 2 unspecified atom stereocenters. The van der Waals surface area contributed by atoms with Crippen molar-refractivity contribution in [3.05, 3.63) is 76.7 Å². The number of nitrogens with zero attached hydrogens (tertiary/aromatic N) is 7. The molecule has 0 bridgehead atoms. The lowest BCUT2D eigenvalue weighted by Crippen LogP contribution is -2.49. The smallest absolute Gasteiger partial charge is 0.407 e. The Labute approximate surface area is 359 Å². The summed E-state index contributed by atoms with van der Waals surface area (Å²) in [5.74, 6) is 1.40. The minimum atomic E-state index is -0.971. The number of rotatable bonds is 15. The lowest BCUT2D eigenvalue weighted by atomic mass is 9.93. The number of carbonyl (C=O) groups is 1. The Morgan fingerprint density at radius 2 is 1.69 bits per heavy atom. The number of ether oxygens (including phenoxy) is 3. The van der Waals surface area contributed by atoms with Crippen molar-refractivity contribution in [2.24, 2.45) is 5.92 Å². The zero-order valence-corrected chi connectivity index (χ0v) is 36.6. The maximum absolute atomic E-state index is 13.6. The molecular formula is C48H62N8O5. The number of hydrogen-bond acceptors (Lipinski definition) is 11. The summed E-state index contributed by atoms with van der Waals surface area (Å²) < 4.78 is 27.1. The van der Waals surface area contributed by atoms with Crippen LogP contribution in [0.5, 0.6) is 0 Å². The quantitative estimate of drug-likeness (QED) is 0.109. The van der Waals surface area contributed by atoms with Gasteiger partial charge in [0.2, 0.25) is 5.79 Å². The molecule has 13 nitrogen and oxygen atoms in total. The number of benzene rings is 2. The van der Waals surface area contributed by atoms with Crippen LogP contribution in [-0.2, 0) is 33.0 Å². The number of nitrogens with one attached hydrogen (secondary N) is 1. The summed E-state index contributed by atoms with van der Waals surface area (Å²) in [6.07, 6.45) is 9.10. The first-order valence-corrected chi connectivity index (χ1v) is 22.9. The number of unbranched alkanes of at least 4 members (excludes halogenated alkanes) is 2. The molecule has 5 aromatic rings. The van der Waals surface area contributed by atoms with Gasteiger partial charge >= 0.3 is 6.09 Å². The molecular weight excluding hydrogens is 769 g/mol. The minimum absolute atomic E-state index is 0.00554. The lowest BCUT2D eigenvalue weighted by Gasteiger charge is -2.40. The standard InChI is InChI=1S/C48H62N8O5/c1-6-8-16-39-42(53-61-43(39)48(23-9-7-2)59-25-26-60-48)44-50-45(41-32(4)52-56(46(41)51-44)29-34-15-14-24-54(34)5)55-28-31(3)21-22-33(55)27-49-47(57)58-30-40-37-19-12-10-17-35(37)36-18-11-13-20-38(36)40/h10-13,17-20,31,33-34,40H,6-9,14-16,21-30H2,1-5H3,(H,49,57)/t31?,33-,34?/m1/s1. The van der Waals surface area contributed by atoms with Crippen LogP contribution in [0.1, 0.15) is 113 Å². The topological polar surface area (TPSA) is 133 Å². The Kier molecular flexibility index (Phi) is 12.2.